The van der Waals surface area contributed by atoms with Gasteiger partial charge in [0.25, 0.3) is 6.26 Å². The molecule has 16 heavy (non-hydrogen) atoms. The molecule has 2 rings (SSSR count). The van der Waals surface area contributed by atoms with Crippen molar-refractivity contribution in [3.05, 3.63) is 12.2 Å². The number of nitrogens with zero attached hydrogens (tertiary/aromatic N) is 1. The first-order valence-electron chi connectivity index (χ1n) is 5.66. The highest BCUT2D eigenvalue weighted by Gasteiger charge is 2.52. The average molecular weight is 219 g/mol. The second-order valence-electron chi connectivity index (χ2n) is 4.25. The van der Waals surface area contributed by atoms with Gasteiger partial charge in [-0.05, 0) is 31.5 Å². The highest BCUT2D eigenvalue weighted by Crippen LogP contribution is 2.48. The zero-order valence-electron chi connectivity index (χ0n) is 9.26. The summed E-state index contributed by atoms with van der Waals surface area (Å²) in [6.07, 6.45) is 7.55. The van der Waals surface area contributed by atoms with Crippen LogP contribution in [0.3, 0.4) is 0 Å². The summed E-state index contributed by atoms with van der Waals surface area (Å²) in [4.78, 5) is 11.8. The lowest BCUT2D eigenvalue weighted by Crippen LogP contribution is -2.29. The van der Waals surface area contributed by atoms with Crippen molar-refractivity contribution in [2.24, 2.45) is 11.8 Å². The molecule has 2 aliphatic rings. The smallest absolute Gasteiger partial charge is 0.388 e. The van der Waals surface area contributed by atoms with Crippen molar-refractivity contribution in [2.45, 2.75) is 25.5 Å². The van der Waals surface area contributed by atoms with Gasteiger partial charge in [0, 0.05) is 0 Å². The SMILES string of the molecule is CCOC(=O)C1B(OC#N)C[C@@H]2C=CC[C@H]12. The molecule has 1 aliphatic heterocycles. The quantitative estimate of drug-likeness (QED) is 0.313. The van der Waals surface area contributed by atoms with Crippen molar-refractivity contribution in [1.29, 1.82) is 5.26 Å². The lowest BCUT2D eigenvalue weighted by molar-refractivity contribution is -0.144. The minimum Gasteiger partial charge on any atom is -0.497 e. The lowest BCUT2D eigenvalue weighted by atomic mass is 9.56. The predicted octanol–water partition coefficient (Wildman–Crippen LogP) is 1.61. The molecule has 4 nitrogen and oxygen atoms in total. The summed E-state index contributed by atoms with van der Waals surface area (Å²) in [5, 5.41) is 8.58. The third kappa shape index (κ3) is 1.80. The molecule has 1 unspecified atom stereocenters. The zero-order chi connectivity index (χ0) is 11.5. The standard InChI is InChI=1S/C11H14BNO3/c1-2-15-11(14)10-9-5-3-4-8(9)6-12(10)16-7-13/h3-4,8-10H,2,5-6H2,1H3/t8-,9-,10?/m0/s1. The molecule has 0 aromatic heterocycles. The molecule has 0 spiro atoms. The van der Waals surface area contributed by atoms with Gasteiger partial charge in [0.05, 0.1) is 12.4 Å². The highest BCUT2D eigenvalue weighted by molar-refractivity contribution is 6.59. The number of allylic oxidation sites excluding steroid dienone is 2. The van der Waals surface area contributed by atoms with Gasteiger partial charge in [0.15, 0.2) is 0 Å². The van der Waals surface area contributed by atoms with Crippen LogP contribution in [0.2, 0.25) is 12.1 Å². The number of rotatable bonds is 3. The van der Waals surface area contributed by atoms with Gasteiger partial charge >= 0.3 is 12.9 Å². The van der Waals surface area contributed by atoms with Crippen LogP contribution in [0, 0.1) is 23.4 Å². The van der Waals surface area contributed by atoms with Crippen molar-refractivity contribution in [3.8, 4) is 6.26 Å². The van der Waals surface area contributed by atoms with Gasteiger partial charge in [-0.2, -0.15) is 5.26 Å². The van der Waals surface area contributed by atoms with E-state index in [9.17, 15) is 4.79 Å². The summed E-state index contributed by atoms with van der Waals surface area (Å²) < 4.78 is 10.0. The van der Waals surface area contributed by atoms with Gasteiger partial charge in [-0.3, -0.25) is 4.79 Å². The van der Waals surface area contributed by atoms with Crippen molar-refractivity contribution in [2.75, 3.05) is 6.61 Å². The fourth-order valence-electron chi connectivity index (χ4n) is 2.84. The number of ether oxygens (including phenoxy) is 1. The Morgan fingerprint density at radius 1 is 1.69 bits per heavy atom. The molecule has 1 fully saturated rings. The van der Waals surface area contributed by atoms with E-state index in [4.69, 9.17) is 14.7 Å². The summed E-state index contributed by atoms with van der Waals surface area (Å²) in [5.74, 6) is 0.128. The number of hydrogen-bond donors (Lipinski definition) is 0. The second-order valence-corrected chi connectivity index (χ2v) is 4.25. The Hall–Kier alpha value is -1.44. The van der Waals surface area contributed by atoms with Gasteiger partial charge in [-0.25, -0.2) is 0 Å². The average Bonchev–Trinajstić information content (AvgIpc) is 2.77. The van der Waals surface area contributed by atoms with Crippen molar-refractivity contribution in [3.63, 3.8) is 0 Å². The Labute approximate surface area is 95.3 Å². The summed E-state index contributed by atoms with van der Waals surface area (Å²) in [7, 11) is 0. The minimum atomic E-state index is -0.302. The maximum absolute atomic E-state index is 11.8. The molecule has 0 aromatic carbocycles. The molecular formula is C11H14BNO3. The molecule has 0 amide bonds. The van der Waals surface area contributed by atoms with Crippen LogP contribution in [0.1, 0.15) is 13.3 Å². The number of nitriles is 1. The first kappa shape index (κ1) is 11.1. The van der Waals surface area contributed by atoms with Crippen LogP contribution < -0.4 is 0 Å². The molecule has 5 heteroatoms. The molecule has 1 saturated heterocycles. The van der Waals surface area contributed by atoms with E-state index >= 15 is 0 Å². The highest BCUT2D eigenvalue weighted by atomic mass is 16.5. The third-order valence-electron chi connectivity index (χ3n) is 3.47. The van der Waals surface area contributed by atoms with Crippen molar-refractivity contribution < 1.29 is 14.2 Å². The van der Waals surface area contributed by atoms with E-state index in [2.05, 4.69) is 12.2 Å². The lowest BCUT2D eigenvalue weighted by Gasteiger charge is -2.18. The van der Waals surface area contributed by atoms with Gasteiger partial charge in [-0.15, -0.1) is 0 Å². The zero-order valence-corrected chi connectivity index (χ0v) is 9.26. The fraction of sp³-hybridized carbons (Fsp3) is 0.636. The monoisotopic (exact) mass is 219 g/mol. The van der Waals surface area contributed by atoms with Gasteiger partial charge in [0.2, 0.25) is 0 Å². The topological polar surface area (TPSA) is 59.3 Å². The van der Waals surface area contributed by atoms with Crippen molar-refractivity contribution >= 4 is 12.9 Å². The van der Waals surface area contributed by atoms with E-state index in [0.717, 1.165) is 12.7 Å². The number of hydrogen-bond acceptors (Lipinski definition) is 4. The molecular weight excluding hydrogens is 205 g/mol. The molecule has 0 saturated carbocycles. The first-order valence-corrected chi connectivity index (χ1v) is 5.66. The van der Waals surface area contributed by atoms with Crippen molar-refractivity contribution in [1.82, 2.24) is 0 Å². The normalized spacial score (nSPS) is 31.0. The van der Waals surface area contributed by atoms with Crippen LogP contribution in [-0.4, -0.2) is 19.5 Å². The van der Waals surface area contributed by atoms with E-state index < -0.39 is 0 Å². The number of fused-ring (bicyclic) bond motifs is 1. The molecule has 3 atom stereocenters. The molecule has 84 valence electrons. The van der Waals surface area contributed by atoms with Crippen LogP contribution in [-0.2, 0) is 14.2 Å². The fourth-order valence-corrected chi connectivity index (χ4v) is 2.84. The molecule has 0 aromatic rings. The number of carbonyl (C=O) groups is 1. The molecule has 0 radical (unpaired) electrons. The van der Waals surface area contributed by atoms with Crippen LogP contribution in [0.5, 0.6) is 0 Å². The number of esters is 1. The van der Waals surface area contributed by atoms with Gasteiger partial charge in [-0.1, -0.05) is 12.2 Å². The molecule has 1 aliphatic carbocycles. The Kier molecular flexibility index (Phi) is 3.18. The summed E-state index contributed by atoms with van der Waals surface area (Å²) >= 11 is 0. The van der Waals surface area contributed by atoms with E-state index in [1.165, 1.54) is 0 Å². The maximum Gasteiger partial charge on any atom is 0.388 e. The van der Waals surface area contributed by atoms with E-state index in [1.807, 2.05) is 0 Å². The Morgan fingerprint density at radius 3 is 3.19 bits per heavy atom. The van der Waals surface area contributed by atoms with E-state index in [1.54, 1.807) is 13.2 Å². The van der Waals surface area contributed by atoms with Crippen LogP contribution in [0.15, 0.2) is 12.2 Å². The summed E-state index contributed by atoms with van der Waals surface area (Å²) in [6, 6.07) is 0. The molecule has 0 N–H and O–H groups in total. The number of carbonyl (C=O) groups excluding carboxylic acids is 1. The van der Waals surface area contributed by atoms with Crippen LogP contribution in [0.25, 0.3) is 0 Å². The Balaban J connectivity index is 2.11. The van der Waals surface area contributed by atoms with Crippen LogP contribution in [0.4, 0.5) is 0 Å². The summed E-state index contributed by atoms with van der Waals surface area (Å²) in [5.41, 5.74) is 0. The first-order chi connectivity index (χ1) is 7.77. The Bertz CT molecular complexity index is 350. The minimum absolute atomic E-state index is 0.223. The summed E-state index contributed by atoms with van der Waals surface area (Å²) in [6.45, 7) is 1.86. The largest absolute Gasteiger partial charge is 0.497 e. The maximum atomic E-state index is 11.8. The van der Waals surface area contributed by atoms with Gasteiger partial charge in [0.1, 0.15) is 0 Å². The molecule has 1 heterocycles. The van der Waals surface area contributed by atoms with E-state index in [-0.39, 0.29) is 24.6 Å². The van der Waals surface area contributed by atoms with Gasteiger partial charge < -0.3 is 9.39 Å². The third-order valence-corrected chi connectivity index (χ3v) is 3.47. The second kappa shape index (κ2) is 4.61. The predicted molar refractivity (Wildman–Crippen MR) is 58.4 cm³/mol. The van der Waals surface area contributed by atoms with Crippen LogP contribution >= 0.6 is 0 Å². The van der Waals surface area contributed by atoms with E-state index in [0.29, 0.717) is 12.5 Å². The Morgan fingerprint density at radius 2 is 2.50 bits per heavy atom. The molecule has 0 bridgehead atoms.